The molecular weight excluding hydrogens is 300 g/mol. The minimum absolute atomic E-state index is 0.0432. The van der Waals surface area contributed by atoms with Gasteiger partial charge in [0.1, 0.15) is 11.9 Å². The number of ether oxygens (including phenoxy) is 1. The van der Waals surface area contributed by atoms with Crippen LogP contribution in [0, 0.1) is 5.92 Å². The highest BCUT2D eigenvalue weighted by Gasteiger charge is 2.52. The second kappa shape index (κ2) is 4.49. The molecule has 6 heterocycles. The van der Waals surface area contributed by atoms with Crippen LogP contribution in [0.25, 0.3) is 11.1 Å². The van der Waals surface area contributed by atoms with Crippen molar-refractivity contribution in [2.24, 2.45) is 5.92 Å². The van der Waals surface area contributed by atoms with Gasteiger partial charge in [0.15, 0.2) is 5.22 Å². The number of aromatic nitrogens is 1. The molecule has 2 bridgehead atoms. The number of fused-ring (bicyclic) bond motifs is 3. The maximum absolute atomic E-state index is 6.36. The van der Waals surface area contributed by atoms with Crippen molar-refractivity contribution in [2.45, 2.75) is 24.9 Å². The predicted molar refractivity (Wildman–Crippen MR) is 83.2 cm³/mol. The first-order valence-corrected chi connectivity index (χ1v) is 8.24. The zero-order chi connectivity index (χ0) is 14.7. The summed E-state index contributed by atoms with van der Waals surface area (Å²) in [5.41, 5.74) is 3.17. The molecule has 0 saturated carbocycles. The summed E-state index contributed by atoms with van der Waals surface area (Å²) in [6, 6.07) is 4.00. The average molecular weight is 317 g/mol. The maximum atomic E-state index is 6.36. The van der Waals surface area contributed by atoms with E-state index >= 15 is 0 Å². The van der Waals surface area contributed by atoms with Crippen molar-refractivity contribution in [3.05, 3.63) is 35.4 Å². The van der Waals surface area contributed by atoms with Crippen LogP contribution in [0.3, 0.4) is 0 Å². The summed E-state index contributed by atoms with van der Waals surface area (Å²) >= 11 is 5.87. The molecule has 0 aromatic carbocycles. The van der Waals surface area contributed by atoms with E-state index in [1.165, 1.54) is 31.5 Å². The van der Waals surface area contributed by atoms with Crippen molar-refractivity contribution < 1.29 is 9.15 Å². The van der Waals surface area contributed by atoms with Gasteiger partial charge in [0.05, 0.1) is 0 Å². The van der Waals surface area contributed by atoms with Gasteiger partial charge < -0.3 is 9.15 Å². The summed E-state index contributed by atoms with van der Waals surface area (Å²) < 4.78 is 11.6. The molecule has 4 aliphatic heterocycles. The van der Waals surface area contributed by atoms with E-state index in [1.54, 1.807) is 6.26 Å². The summed E-state index contributed by atoms with van der Waals surface area (Å²) in [6.45, 7) is 3.48. The fourth-order valence-corrected chi connectivity index (χ4v) is 4.49. The van der Waals surface area contributed by atoms with E-state index in [1.807, 2.05) is 12.3 Å². The van der Waals surface area contributed by atoms with Crippen LogP contribution in [0.4, 0.5) is 0 Å². The van der Waals surface area contributed by atoms with Gasteiger partial charge in [0.25, 0.3) is 0 Å². The van der Waals surface area contributed by atoms with Crippen LogP contribution in [0.5, 0.6) is 5.88 Å². The first kappa shape index (κ1) is 13.0. The molecule has 0 aliphatic carbocycles. The summed E-state index contributed by atoms with van der Waals surface area (Å²) in [6.07, 6.45) is 6.98. The van der Waals surface area contributed by atoms with Crippen LogP contribution < -0.4 is 4.74 Å². The van der Waals surface area contributed by atoms with Gasteiger partial charge in [-0.2, -0.15) is 0 Å². The monoisotopic (exact) mass is 316 g/mol. The molecule has 2 aromatic rings. The lowest BCUT2D eigenvalue weighted by Crippen LogP contribution is -2.61. The van der Waals surface area contributed by atoms with Crippen molar-refractivity contribution >= 4 is 11.6 Å². The first-order valence-electron chi connectivity index (χ1n) is 7.87. The molecule has 1 spiro atoms. The van der Waals surface area contributed by atoms with Crippen LogP contribution in [0.1, 0.15) is 18.4 Å². The van der Waals surface area contributed by atoms with Gasteiger partial charge in [-0.05, 0) is 43.6 Å². The van der Waals surface area contributed by atoms with Gasteiger partial charge in [-0.1, -0.05) is 0 Å². The molecule has 0 amide bonds. The Kier molecular flexibility index (Phi) is 2.65. The smallest absolute Gasteiger partial charge is 0.217 e. The number of pyridine rings is 1. The Morgan fingerprint density at radius 1 is 1.23 bits per heavy atom. The predicted octanol–water partition coefficient (Wildman–Crippen LogP) is 3.39. The normalized spacial score (nSPS) is 32.2. The lowest BCUT2D eigenvalue weighted by molar-refractivity contribution is -0.0814. The van der Waals surface area contributed by atoms with E-state index in [2.05, 4.69) is 16.0 Å². The second-order valence-electron chi connectivity index (χ2n) is 6.72. The Morgan fingerprint density at radius 3 is 2.77 bits per heavy atom. The number of rotatable bonds is 1. The van der Waals surface area contributed by atoms with Gasteiger partial charge in [-0.15, -0.1) is 0 Å². The average Bonchev–Trinajstić information content (AvgIpc) is 3.11. The molecule has 22 heavy (non-hydrogen) atoms. The highest BCUT2D eigenvalue weighted by atomic mass is 35.5. The van der Waals surface area contributed by atoms with Gasteiger partial charge in [0.2, 0.25) is 5.88 Å². The van der Waals surface area contributed by atoms with Crippen molar-refractivity contribution in [1.82, 2.24) is 9.88 Å². The van der Waals surface area contributed by atoms with E-state index in [0.29, 0.717) is 11.1 Å². The first-order chi connectivity index (χ1) is 10.7. The molecule has 2 aromatic heterocycles. The Hall–Kier alpha value is -1.52. The number of piperidine rings is 3. The second-order valence-corrected chi connectivity index (χ2v) is 7.09. The summed E-state index contributed by atoms with van der Waals surface area (Å²) in [5.74, 6) is 1.48. The molecule has 114 valence electrons. The fraction of sp³-hybridized carbons (Fsp3) is 0.471. The molecule has 6 rings (SSSR count). The molecule has 5 heteroatoms. The molecule has 0 N–H and O–H groups in total. The van der Waals surface area contributed by atoms with Gasteiger partial charge in [0, 0.05) is 47.8 Å². The van der Waals surface area contributed by atoms with Crippen molar-refractivity contribution in [2.75, 3.05) is 19.6 Å². The van der Waals surface area contributed by atoms with E-state index in [9.17, 15) is 0 Å². The number of furan rings is 1. The van der Waals surface area contributed by atoms with Crippen molar-refractivity contribution in [3.63, 3.8) is 0 Å². The maximum Gasteiger partial charge on any atom is 0.217 e. The zero-order valence-corrected chi connectivity index (χ0v) is 13.0. The number of halogens is 1. The molecule has 0 radical (unpaired) electrons. The Morgan fingerprint density at radius 2 is 2.09 bits per heavy atom. The lowest BCUT2D eigenvalue weighted by Gasteiger charge is -2.50. The Bertz CT molecular complexity index is 736. The molecular formula is C17H17ClN2O2. The standard InChI is InChI=1S/C17H17ClN2O2/c18-15-6-13(9-21-15)12-5-11-7-17(22-16(11)19-8-12)10-20-3-1-14(17)2-4-20/h5-6,8-9,14H,1-4,7,10H2/t17-/m0/s1. The third kappa shape index (κ3) is 1.83. The number of hydrogen-bond donors (Lipinski definition) is 0. The highest BCUT2D eigenvalue weighted by Crippen LogP contribution is 2.46. The Labute approximate surface area is 134 Å². The summed E-state index contributed by atoms with van der Waals surface area (Å²) in [4.78, 5) is 7.08. The molecule has 3 saturated heterocycles. The molecule has 4 aliphatic rings. The molecule has 3 fully saturated rings. The quantitative estimate of drug-likeness (QED) is 0.808. The number of nitrogens with zero attached hydrogens (tertiary/aromatic N) is 2. The van der Waals surface area contributed by atoms with Crippen LogP contribution in [0.15, 0.2) is 29.0 Å². The molecule has 1 atom stereocenters. The molecule has 0 unspecified atom stereocenters. The van der Waals surface area contributed by atoms with Gasteiger partial charge >= 0.3 is 0 Å². The fourth-order valence-electron chi connectivity index (χ4n) is 4.33. The summed E-state index contributed by atoms with van der Waals surface area (Å²) in [5, 5.41) is 0.403. The summed E-state index contributed by atoms with van der Waals surface area (Å²) in [7, 11) is 0. The van der Waals surface area contributed by atoms with Crippen LogP contribution in [-0.2, 0) is 6.42 Å². The van der Waals surface area contributed by atoms with E-state index in [-0.39, 0.29) is 5.60 Å². The third-order valence-electron chi connectivity index (χ3n) is 5.44. The topological polar surface area (TPSA) is 38.5 Å². The van der Waals surface area contributed by atoms with Crippen molar-refractivity contribution in [3.8, 4) is 17.0 Å². The molecule has 4 nitrogen and oxygen atoms in total. The van der Waals surface area contributed by atoms with E-state index in [4.69, 9.17) is 20.8 Å². The Balaban J connectivity index is 1.49. The highest BCUT2D eigenvalue weighted by molar-refractivity contribution is 6.29. The minimum Gasteiger partial charge on any atom is -0.469 e. The van der Waals surface area contributed by atoms with Crippen molar-refractivity contribution in [1.29, 1.82) is 0 Å². The largest absolute Gasteiger partial charge is 0.469 e. The lowest BCUT2D eigenvalue weighted by atomic mass is 9.73. The third-order valence-corrected chi connectivity index (χ3v) is 5.64. The van der Waals surface area contributed by atoms with E-state index in [0.717, 1.165) is 30.0 Å². The van der Waals surface area contributed by atoms with Crippen LogP contribution in [-0.4, -0.2) is 35.1 Å². The van der Waals surface area contributed by atoms with Crippen LogP contribution in [0.2, 0.25) is 5.22 Å². The zero-order valence-electron chi connectivity index (χ0n) is 12.2. The van der Waals surface area contributed by atoms with Gasteiger partial charge in [-0.25, -0.2) is 4.98 Å². The number of hydrogen-bond acceptors (Lipinski definition) is 4. The van der Waals surface area contributed by atoms with E-state index < -0.39 is 0 Å². The van der Waals surface area contributed by atoms with Crippen LogP contribution >= 0.6 is 11.6 Å². The van der Waals surface area contributed by atoms with Gasteiger partial charge in [-0.3, -0.25) is 4.90 Å². The minimum atomic E-state index is -0.0432. The SMILES string of the molecule is Clc1cc(-c2cnc3c(c2)C[C@@]2(CN4CCC2CC4)O3)co1.